The third-order valence-corrected chi connectivity index (χ3v) is 13.2. The predicted molar refractivity (Wildman–Crippen MR) is 158 cm³/mol. The lowest BCUT2D eigenvalue weighted by Gasteiger charge is -2.69. The van der Waals surface area contributed by atoms with Gasteiger partial charge in [-0.2, -0.15) is 0 Å². The molecule has 5 saturated carbocycles. The van der Waals surface area contributed by atoms with Crippen LogP contribution < -0.4 is 4.74 Å². The minimum Gasteiger partial charge on any atom is -0.497 e. The van der Waals surface area contributed by atoms with Gasteiger partial charge in [0.25, 0.3) is 0 Å². The van der Waals surface area contributed by atoms with Crippen LogP contribution in [0.15, 0.2) is 24.3 Å². The van der Waals surface area contributed by atoms with E-state index >= 15 is 0 Å². The van der Waals surface area contributed by atoms with Crippen molar-refractivity contribution in [2.75, 3.05) is 48.6 Å². The first-order valence-electron chi connectivity index (χ1n) is 16.1. The third kappa shape index (κ3) is 3.42. The molecule has 1 saturated heterocycles. The lowest BCUT2D eigenvalue weighted by atomic mass is 9.44. The van der Waals surface area contributed by atoms with Gasteiger partial charge in [-0.05, 0) is 56.0 Å². The van der Waals surface area contributed by atoms with Crippen LogP contribution in [-0.2, 0) is 28.5 Å². The first kappa shape index (κ1) is 30.6. The van der Waals surface area contributed by atoms with Crippen molar-refractivity contribution in [3.63, 3.8) is 0 Å². The molecule has 10 heteroatoms. The summed E-state index contributed by atoms with van der Waals surface area (Å²) in [6, 6.07) is 6.97. The molecule has 0 aromatic heterocycles. The van der Waals surface area contributed by atoms with Gasteiger partial charge in [0.2, 0.25) is 0 Å². The largest absolute Gasteiger partial charge is 0.497 e. The SMILES string of the molecule is CCN1C[C@]2(OC)CC[C@H](OC)[C@]34[C@@H]5C[C@]6(O)[C@@H](OC)C[C@@](OC(C)=O)([C@@H]5[C@H]6C(=O)c5ccc(OC)cc5)[C@H]([C@H](OC)[C@@H]23)[C@@H]14. The number of hydrogen-bond acceptors (Lipinski definition) is 10. The number of benzene rings is 1. The van der Waals surface area contributed by atoms with Crippen molar-refractivity contribution < 1.29 is 43.1 Å². The summed E-state index contributed by atoms with van der Waals surface area (Å²) in [5.74, 6) is -1.86. The van der Waals surface area contributed by atoms with E-state index in [9.17, 15) is 14.7 Å². The van der Waals surface area contributed by atoms with Gasteiger partial charge in [0, 0.05) is 83.1 Å². The number of rotatable bonds is 9. The zero-order valence-electron chi connectivity index (χ0n) is 26.9. The number of esters is 1. The Morgan fingerprint density at radius 1 is 0.977 bits per heavy atom. The Kier molecular flexibility index (Phi) is 7.09. The number of Topliss-reactive ketones (excluding diaryl/α,β-unsaturated/α-hetero) is 1. The summed E-state index contributed by atoms with van der Waals surface area (Å²) in [7, 11) is 8.50. The second kappa shape index (κ2) is 10.2. The second-order valence-electron chi connectivity index (χ2n) is 14.1. The fourth-order valence-electron chi connectivity index (χ4n) is 12.3. The number of ketones is 1. The molecule has 1 aliphatic heterocycles. The van der Waals surface area contributed by atoms with Crippen LogP contribution in [0, 0.1) is 35.0 Å². The van der Waals surface area contributed by atoms with Gasteiger partial charge in [-0.15, -0.1) is 0 Å². The van der Waals surface area contributed by atoms with E-state index in [-0.39, 0.29) is 48.2 Å². The number of carbonyl (C=O) groups excluding carboxylic acids is 2. The van der Waals surface area contributed by atoms with Crippen LogP contribution in [-0.4, -0.2) is 112 Å². The maximum Gasteiger partial charge on any atom is 0.303 e. The van der Waals surface area contributed by atoms with Crippen molar-refractivity contribution in [2.24, 2.45) is 35.0 Å². The average Bonchev–Trinajstić information content (AvgIpc) is 3.42. The van der Waals surface area contributed by atoms with Crippen molar-refractivity contribution in [1.82, 2.24) is 4.90 Å². The summed E-state index contributed by atoms with van der Waals surface area (Å²) in [4.78, 5) is 30.5. The van der Waals surface area contributed by atoms with Crippen LogP contribution in [0.1, 0.15) is 49.9 Å². The number of nitrogens with zero attached hydrogens (tertiary/aromatic N) is 1. The molecule has 5 aliphatic carbocycles. The van der Waals surface area contributed by atoms with E-state index in [0.717, 1.165) is 25.9 Å². The van der Waals surface area contributed by atoms with Gasteiger partial charge >= 0.3 is 5.97 Å². The summed E-state index contributed by atoms with van der Waals surface area (Å²) < 4.78 is 37.7. The first-order valence-corrected chi connectivity index (χ1v) is 16.1. The Hall–Kier alpha value is -2.08. The molecular weight excluding hydrogens is 566 g/mol. The van der Waals surface area contributed by atoms with Gasteiger partial charge in [0.1, 0.15) is 17.0 Å². The minimum absolute atomic E-state index is 0.0636. The van der Waals surface area contributed by atoms with E-state index in [0.29, 0.717) is 17.7 Å². The maximum atomic E-state index is 14.8. The van der Waals surface area contributed by atoms with Crippen LogP contribution in [0.4, 0.5) is 0 Å². The second-order valence-corrected chi connectivity index (χ2v) is 14.1. The Labute approximate surface area is 259 Å². The Morgan fingerprint density at radius 3 is 2.25 bits per heavy atom. The van der Waals surface area contributed by atoms with E-state index in [1.165, 1.54) is 6.92 Å². The normalized spacial score (nSPS) is 48.2. The van der Waals surface area contributed by atoms with E-state index in [1.54, 1.807) is 59.8 Å². The molecule has 0 unspecified atom stereocenters. The molecule has 6 aliphatic rings. The molecule has 10 nitrogen and oxygen atoms in total. The van der Waals surface area contributed by atoms with Gasteiger partial charge in [0.15, 0.2) is 5.78 Å². The third-order valence-electron chi connectivity index (χ3n) is 13.2. The van der Waals surface area contributed by atoms with Crippen LogP contribution in [0.5, 0.6) is 5.75 Å². The highest BCUT2D eigenvalue weighted by molar-refractivity contribution is 5.99. The molecule has 1 aromatic carbocycles. The Morgan fingerprint density at radius 2 is 1.68 bits per heavy atom. The number of carbonyl (C=O) groups is 2. The Bertz CT molecular complexity index is 1320. The first-order chi connectivity index (χ1) is 21.1. The quantitative estimate of drug-likeness (QED) is 0.330. The lowest BCUT2D eigenvalue weighted by molar-refractivity contribution is -0.287. The molecule has 6 fully saturated rings. The maximum absolute atomic E-state index is 14.8. The standard InChI is InChI=1S/C34H47NO9/c1-8-35-17-31(43-7)14-13-22(40-4)34-21-15-32(38)23(41-5)16-33(44-18(2)36,26(30(34)35)28(42-6)29(31)34)24(21)25(32)27(37)19-9-11-20(39-3)12-10-19/h9-12,21-26,28-30,38H,8,13-17H2,1-7H3/t21-,22+,23+,24+,25+,26-,28+,29+,30-,31-,32+,33-,34-/m1/s1. The molecule has 44 heavy (non-hydrogen) atoms. The summed E-state index contributed by atoms with van der Waals surface area (Å²) in [5.41, 5.74) is -3.12. The van der Waals surface area contributed by atoms with Crippen LogP contribution in [0.25, 0.3) is 0 Å². The highest BCUT2D eigenvalue weighted by atomic mass is 16.6. The topological polar surface area (TPSA) is 113 Å². The smallest absolute Gasteiger partial charge is 0.303 e. The molecule has 1 spiro atoms. The van der Waals surface area contributed by atoms with Crippen molar-refractivity contribution in [1.29, 1.82) is 0 Å². The zero-order valence-corrected chi connectivity index (χ0v) is 26.9. The van der Waals surface area contributed by atoms with Crippen molar-refractivity contribution in [2.45, 2.75) is 80.7 Å². The molecule has 0 radical (unpaired) electrons. The number of likely N-dealkylation sites (N-methyl/N-ethyl adjacent to an activating group) is 1. The summed E-state index contributed by atoms with van der Waals surface area (Å²) in [6.45, 7) is 5.12. The summed E-state index contributed by atoms with van der Waals surface area (Å²) in [5, 5.41) is 12.9. The lowest BCUT2D eigenvalue weighted by Crippen LogP contribution is -2.78. The molecule has 1 heterocycles. The van der Waals surface area contributed by atoms with E-state index in [2.05, 4.69) is 11.8 Å². The van der Waals surface area contributed by atoms with E-state index < -0.39 is 46.1 Å². The fraction of sp³-hybridized carbons (Fsp3) is 0.765. The van der Waals surface area contributed by atoms with Gasteiger partial charge in [0.05, 0.1) is 36.9 Å². The minimum atomic E-state index is -1.47. The predicted octanol–water partition coefficient (Wildman–Crippen LogP) is 2.74. The number of piperidine rings is 1. The number of ether oxygens (including phenoxy) is 6. The van der Waals surface area contributed by atoms with Crippen LogP contribution >= 0.6 is 0 Å². The molecule has 0 amide bonds. The number of likely N-dealkylation sites (tertiary alicyclic amines) is 1. The number of methoxy groups -OCH3 is 5. The van der Waals surface area contributed by atoms with Gasteiger partial charge in [-0.1, -0.05) is 6.92 Å². The highest BCUT2D eigenvalue weighted by Crippen LogP contribution is 2.80. The zero-order chi connectivity index (χ0) is 31.4. The molecule has 7 bridgehead atoms. The average molecular weight is 614 g/mol. The van der Waals surface area contributed by atoms with Gasteiger partial charge < -0.3 is 33.5 Å². The number of fused-ring (bicyclic) bond motifs is 2. The van der Waals surface area contributed by atoms with Gasteiger partial charge in [-0.25, -0.2) is 0 Å². The van der Waals surface area contributed by atoms with E-state index in [1.807, 2.05) is 0 Å². The molecular formula is C34H47NO9. The highest BCUT2D eigenvalue weighted by Gasteiger charge is 2.90. The molecule has 13 atom stereocenters. The number of aliphatic hydroxyl groups is 1. The van der Waals surface area contributed by atoms with Crippen molar-refractivity contribution in [3.05, 3.63) is 29.8 Å². The number of hydrogen-bond donors (Lipinski definition) is 1. The fourth-order valence-corrected chi connectivity index (χ4v) is 12.3. The van der Waals surface area contributed by atoms with Crippen molar-refractivity contribution in [3.8, 4) is 5.75 Å². The monoisotopic (exact) mass is 613 g/mol. The summed E-state index contributed by atoms with van der Waals surface area (Å²) in [6.07, 6.45) is 1.02. The Balaban J connectivity index is 1.52. The van der Waals surface area contributed by atoms with Crippen molar-refractivity contribution >= 4 is 11.8 Å². The van der Waals surface area contributed by atoms with Crippen LogP contribution in [0.2, 0.25) is 0 Å². The molecule has 242 valence electrons. The molecule has 1 aromatic rings. The van der Waals surface area contributed by atoms with Crippen LogP contribution in [0.3, 0.4) is 0 Å². The molecule has 1 N–H and O–H groups in total. The molecule has 7 rings (SSSR count). The van der Waals surface area contributed by atoms with E-state index in [4.69, 9.17) is 28.4 Å². The van der Waals surface area contributed by atoms with Gasteiger partial charge in [-0.3, -0.25) is 14.5 Å². The summed E-state index contributed by atoms with van der Waals surface area (Å²) >= 11 is 0.